The molecular weight excluding hydrogens is 168 g/mol. The van der Waals surface area contributed by atoms with Gasteiger partial charge in [-0.2, -0.15) is 0 Å². The number of aryl methyl sites for hydroxylation is 1. The predicted molar refractivity (Wildman–Crippen MR) is 48.3 cm³/mol. The van der Waals surface area contributed by atoms with Crippen LogP contribution in [0.1, 0.15) is 24.1 Å². The molecule has 4 nitrogen and oxygen atoms in total. The van der Waals surface area contributed by atoms with Gasteiger partial charge in [-0.05, 0) is 25.3 Å². The molecule has 0 unspecified atom stereocenters. The van der Waals surface area contributed by atoms with Gasteiger partial charge in [-0.1, -0.05) is 5.16 Å². The third-order valence-corrected chi connectivity index (χ3v) is 2.27. The lowest BCUT2D eigenvalue weighted by Gasteiger charge is -2.15. The van der Waals surface area contributed by atoms with Gasteiger partial charge < -0.3 is 10.2 Å². The molecule has 0 saturated heterocycles. The normalized spacial score (nSPS) is 18.6. The minimum atomic E-state index is -0.0991. The molecule has 4 heteroatoms. The zero-order valence-electron chi connectivity index (χ0n) is 7.08. The number of hydrogen-bond acceptors (Lipinski definition) is 3. The number of nitrogens with zero attached hydrogens (tertiary/aromatic N) is 1. The Morgan fingerprint density at radius 2 is 2.23 bits per heavy atom. The molecule has 0 aromatic carbocycles. The van der Waals surface area contributed by atoms with E-state index in [0.29, 0.717) is 5.71 Å². The lowest BCUT2D eigenvalue weighted by molar-refractivity contribution is 0.317. The average molecular weight is 178 g/mol. The van der Waals surface area contributed by atoms with Crippen LogP contribution in [0.3, 0.4) is 0 Å². The molecule has 0 saturated carbocycles. The van der Waals surface area contributed by atoms with E-state index >= 15 is 0 Å². The van der Waals surface area contributed by atoms with Crippen molar-refractivity contribution in [2.45, 2.75) is 19.3 Å². The van der Waals surface area contributed by atoms with Crippen LogP contribution in [0, 0.1) is 0 Å². The highest BCUT2D eigenvalue weighted by Crippen LogP contribution is 2.17. The Balaban J connectivity index is 2.58. The van der Waals surface area contributed by atoms with Crippen molar-refractivity contribution in [1.29, 1.82) is 0 Å². The van der Waals surface area contributed by atoms with Gasteiger partial charge >= 0.3 is 0 Å². The van der Waals surface area contributed by atoms with Gasteiger partial charge in [0.05, 0.1) is 5.71 Å². The number of H-pyrrole nitrogens is 1. The summed E-state index contributed by atoms with van der Waals surface area (Å²) in [5.74, 6) is 0. The van der Waals surface area contributed by atoms with Gasteiger partial charge in [0, 0.05) is 17.3 Å². The third kappa shape index (κ3) is 1.35. The van der Waals surface area contributed by atoms with Crippen LogP contribution in [-0.4, -0.2) is 15.9 Å². The van der Waals surface area contributed by atoms with Gasteiger partial charge in [0.1, 0.15) is 0 Å². The van der Waals surface area contributed by atoms with Crippen LogP contribution in [0.2, 0.25) is 0 Å². The largest absolute Gasteiger partial charge is 0.411 e. The highest BCUT2D eigenvalue weighted by atomic mass is 16.4. The summed E-state index contributed by atoms with van der Waals surface area (Å²) >= 11 is 0. The van der Waals surface area contributed by atoms with E-state index in [-0.39, 0.29) is 5.56 Å². The number of hydrogen-bond donors (Lipinski definition) is 2. The molecule has 0 radical (unpaired) electrons. The Morgan fingerprint density at radius 1 is 1.38 bits per heavy atom. The maximum Gasteiger partial charge on any atom is 0.248 e. The highest BCUT2D eigenvalue weighted by Gasteiger charge is 2.15. The Bertz CT molecular complexity index is 406. The minimum absolute atomic E-state index is 0.0991. The molecule has 2 rings (SSSR count). The van der Waals surface area contributed by atoms with E-state index in [9.17, 15) is 4.79 Å². The van der Waals surface area contributed by atoms with E-state index in [1.165, 1.54) is 6.07 Å². The molecule has 0 atom stereocenters. The molecule has 68 valence electrons. The van der Waals surface area contributed by atoms with Crippen LogP contribution in [0.25, 0.3) is 0 Å². The fourth-order valence-corrected chi connectivity index (χ4v) is 1.66. The number of fused-ring (bicyclic) bond motifs is 1. The molecule has 0 spiro atoms. The van der Waals surface area contributed by atoms with E-state index < -0.39 is 0 Å². The molecule has 0 fully saturated rings. The number of aromatic nitrogens is 1. The average Bonchev–Trinajstić information content (AvgIpc) is 2.16. The molecule has 1 aromatic rings. The summed E-state index contributed by atoms with van der Waals surface area (Å²) in [5.41, 5.74) is 2.32. The van der Waals surface area contributed by atoms with Crippen molar-refractivity contribution < 1.29 is 5.21 Å². The number of aromatic amines is 1. The van der Waals surface area contributed by atoms with Crippen LogP contribution < -0.4 is 5.56 Å². The molecular formula is C9H10N2O2. The molecule has 2 N–H and O–H groups in total. The number of rotatable bonds is 0. The van der Waals surface area contributed by atoms with Gasteiger partial charge in [0.25, 0.3) is 0 Å². The summed E-state index contributed by atoms with van der Waals surface area (Å²) in [6, 6.07) is 3.16. The van der Waals surface area contributed by atoms with Crippen LogP contribution in [0.15, 0.2) is 22.1 Å². The maximum absolute atomic E-state index is 11.0. The van der Waals surface area contributed by atoms with Crippen molar-refractivity contribution in [2.24, 2.45) is 5.16 Å². The molecule has 0 aliphatic heterocycles. The second-order valence-electron chi connectivity index (χ2n) is 3.12. The van der Waals surface area contributed by atoms with E-state index in [4.69, 9.17) is 5.21 Å². The van der Waals surface area contributed by atoms with Gasteiger partial charge in [0.15, 0.2) is 0 Å². The summed E-state index contributed by atoms with van der Waals surface area (Å²) in [7, 11) is 0. The summed E-state index contributed by atoms with van der Waals surface area (Å²) in [6.45, 7) is 0. The molecule has 1 heterocycles. The highest BCUT2D eigenvalue weighted by molar-refractivity contribution is 6.01. The number of nitrogens with one attached hydrogen (secondary N) is 1. The SMILES string of the molecule is O=c1ccc2c([nH]1)CCCC2=NO. The summed E-state index contributed by atoms with van der Waals surface area (Å²) < 4.78 is 0. The van der Waals surface area contributed by atoms with Crippen molar-refractivity contribution >= 4 is 5.71 Å². The maximum atomic E-state index is 11.0. The van der Waals surface area contributed by atoms with Crippen LogP contribution in [0.5, 0.6) is 0 Å². The molecule has 0 bridgehead atoms. The molecule has 1 aliphatic carbocycles. The smallest absolute Gasteiger partial charge is 0.248 e. The predicted octanol–water partition coefficient (Wildman–Crippen LogP) is 0.889. The van der Waals surface area contributed by atoms with E-state index in [1.54, 1.807) is 6.07 Å². The van der Waals surface area contributed by atoms with Crippen LogP contribution >= 0.6 is 0 Å². The first-order valence-electron chi connectivity index (χ1n) is 4.25. The molecule has 1 aromatic heterocycles. The summed E-state index contributed by atoms with van der Waals surface area (Å²) in [4.78, 5) is 13.7. The monoisotopic (exact) mass is 178 g/mol. The molecule has 0 amide bonds. The van der Waals surface area contributed by atoms with E-state index in [2.05, 4.69) is 10.1 Å². The summed E-state index contributed by atoms with van der Waals surface area (Å²) in [5, 5.41) is 11.9. The van der Waals surface area contributed by atoms with Crippen molar-refractivity contribution in [3.8, 4) is 0 Å². The lowest BCUT2D eigenvalue weighted by atomic mass is 9.94. The van der Waals surface area contributed by atoms with Gasteiger partial charge in [-0.3, -0.25) is 4.79 Å². The first-order valence-corrected chi connectivity index (χ1v) is 4.25. The molecule has 13 heavy (non-hydrogen) atoms. The quantitative estimate of drug-likeness (QED) is 0.457. The third-order valence-electron chi connectivity index (χ3n) is 2.27. The number of pyridine rings is 1. The van der Waals surface area contributed by atoms with Gasteiger partial charge in [-0.25, -0.2) is 0 Å². The fraction of sp³-hybridized carbons (Fsp3) is 0.333. The van der Waals surface area contributed by atoms with E-state index in [1.807, 2.05) is 0 Å². The first kappa shape index (κ1) is 8.04. The second kappa shape index (κ2) is 3.05. The standard InChI is InChI=1S/C9H10N2O2/c12-9-5-4-6-7(10-9)2-1-3-8(6)11-13/h4-5,13H,1-3H2,(H,10,12). The topological polar surface area (TPSA) is 65.5 Å². The van der Waals surface area contributed by atoms with Crippen molar-refractivity contribution in [2.75, 3.05) is 0 Å². The lowest BCUT2D eigenvalue weighted by Crippen LogP contribution is -2.18. The van der Waals surface area contributed by atoms with Crippen molar-refractivity contribution in [3.63, 3.8) is 0 Å². The van der Waals surface area contributed by atoms with Crippen LogP contribution in [0.4, 0.5) is 0 Å². The zero-order valence-corrected chi connectivity index (χ0v) is 7.08. The first-order chi connectivity index (χ1) is 6.31. The van der Waals surface area contributed by atoms with Crippen molar-refractivity contribution in [3.05, 3.63) is 33.7 Å². The summed E-state index contributed by atoms with van der Waals surface area (Å²) in [6.07, 6.45) is 2.55. The Morgan fingerprint density at radius 3 is 3.00 bits per heavy atom. The van der Waals surface area contributed by atoms with Gasteiger partial charge in [0.2, 0.25) is 5.56 Å². The second-order valence-corrected chi connectivity index (χ2v) is 3.12. The number of oxime groups is 1. The Labute approximate surface area is 74.9 Å². The Hall–Kier alpha value is -1.58. The fourth-order valence-electron chi connectivity index (χ4n) is 1.66. The molecule has 1 aliphatic rings. The Kier molecular flexibility index (Phi) is 1.88. The minimum Gasteiger partial charge on any atom is -0.411 e. The van der Waals surface area contributed by atoms with Gasteiger partial charge in [-0.15, -0.1) is 0 Å². The van der Waals surface area contributed by atoms with Crippen molar-refractivity contribution in [1.82, 2.24) is 4.98 Å². The van der Waals surface area contributed by atoms with Crippen LogP contribution in [-0.2, 0) is 6.42 Å². The van der Waals surface area contributed by atoms with E-state index in [0.717, 1.165) is 30.5 Å². The zero-order chi connectivity index (χ0) is 9.26.